The Balaban J connectivity index is 0.000000133. The van der Waals surface area contributed by atoms with Crippen LogP contribution < -0.4 is 62.2 Å². The normalized spacial score (nSPS) is 12.0. The number of para-hydroxylation sites is 1. The average molecular weight is 2410 g/mol. The summed E-state index contributed by atoms with van der Waals surface area (Å²) < 4.78 is 2.36. The van der Waals surface area contributed by atoms with Crippen LogP contribution in [0.15, 0.2) is 462 Å². The van der Waals surface area contributed by atoms with E-state index in [1.54, 1.807) is 18.6 Å². The van der Waals surface area contributed by atoms with Crippen LogP contribution >= 0.6 is 0 Å². The van der Waals surface area contributed by atoms with E-state index >= 15 is 0 Å². The molecule has 15 heteroatoms. The Hall–Kier alpha value is -13.2. The van der Waals surface area contributed by atoms with Crippen molar-refractivity contribution in [3.63, 3.8) is 0 Å². The summed E-state index contributed by atoms with van der Waals surface area (Å²) in [6, 6.07) is 169. The fourth-order valence-corrected chi connectivity index (χ4v) is 33.7. The van der Waals surface area contributed by atoms with E-state index in [0.29, 0.717) is 0 Å². The molecule has 0 amide bonds. The Kier molecular flexibility index (Phi) is 32.9. The SMILES string of the molecule is CCn1c2c[c-]c(-c3ccc([Si](C)(C)c4ccccc4)cn3)cc2c2ccccc21.C[Si](C)(c1ccccc1)c1ccc(-c2[c-]cc3c(c2)-c2ccccc2[Si]3(C)C)nc1.C[Si](C)(c1ccccc1)c1ccc(-c2[c-]cc3c(c2)-c2ccccc2[Si]3(c2ccccc2)c2ccccc2)nc1.[Ir].[Ir].[Ir].[c-]1ccccc1-c1ccccn1.[c-]1ccccc1-c1ccccn1.[c-]1ccccc1-c1ccccn1. The summed E-state index contributed by atoms with van der Waals surface area (Å²) in [6.07, 6.45) is 11.6. The van der Waals surface area contributed by atoms with Crippen molar-refractivity contribution in [3.05, 3.63) is 498 Å². The Morgan fingerprint density at radius 2 is 0.583 bits per heavy atom. The summed E-state index contributed by atoms with van der Waals surface area (Å²) >= 11 is 0. The molecule has 3 radical (unpaired) electrons. The number of pyridine rings is 6. The van der Waals surface area contributed by atoms with E-state index in [2.05, 4.69) is 431 Å². The van der Waals surface area contributed by atoms with Crippen LogP contribution in [0, 0.1) is 36.4 Å². The maximum atomic E-state index is 4.99. The molecular weight excluding hydrogens is 2300 g/mol. The number of benzene rings is 14. The zero-order chi connectivity index (χ0) is 93.5. The van der Waals surface area contributed by atoms with Gasteiger partial charge in [-0.1, -0.05) is 391 Å². The number of rotatable bonds is 15. The van der Waals surface area contributed by atoms with Crippen LogP contribution in [0.4, 0.5) is 0 Å². The fourth-order valence-electron chi connectivity index (χ4n) is 18.9. The number of fused-ring (bicyclic) bond motifs is 9. The van der Waals surface area contributed by atoms with E-state index in [9.17, 15) is 0 Å². The van der Waals surface area contributed by atoms with Gasteiger partial charge in [0.1, 0.15) is 32.3 Å². The molecule has 0 spiro atoms. The Morgan fingerprint density at radius 1 is 0.252 bits per heavy atom. The zero-order valence-corrected chi connectivity index (χ0v) is 91.4. The van der Waals surface area contributed by atoms with Crippen LogP contribution in [0.1, 0.15) is 6.92 Å². The quantitative estimate of drug-likeness (QED) is 0.0751. The van der Waals surface area contributed by atoms with Crippen molar-refractivity contribution in [3.8, 4) is 89.8 Å². The van der Waals surface area contributed by atoms with Crippen LogP contribution in [-0.4, -0.2) is 74.8 Å². The van der Waals surface area contributed by atoms with Gasteiger partial charge in [-0.25, -0.2) is 0 Å². The summed E-state index contributed by atoms with van der Waals surface area (Å²) in [5.74, 6) is 0. The minimum absolute atomic E-state index is 0. The number of aryl methyl sites for hydroxylation is 1. The molecule has 0 bridgehead atoms. The summed E-state index contributed by atoms with van der Waals surface area (Å²) in [5, 5.41) is 19.6. The molecule has 21 aromatic rings. The number of hydrogen-bond donors (Lipinski definition) is 0. The molecule has 0 unspecified atom stereocenters. The topological polar surface area (TPSA) is 82.3 Å². The number of aromatic nitrogens is 7. The van der Waals surface area contributed by atoms with Gasteiger partial charge in [-0.3, -0.25) is 0 Å². The second-order valence-electron chi connectivity index (χ2n) is 36.2. The van der Waals surface area contributed by atoms with E-state index in [1.807, 2.05) is 127 Å². The van der Waals surface area contributed by atoms with Gasteiger partial charge in [0.25, 0.3) is 0 Å². The fraction of sp³-hybridized carbons (Fsp3) is 0.0806. The molecule has 689 valence electrons. The van der Waals surface area contributed by atoms with E-state index in [4.69, 9.17) is 15.0 Å². The summed E-state index contributed by atoms with van der Waals surface area (Å²) in [6.45, 7) is 22.4. The van der Waals surface area contributed by atoms with Gasteiger partial charge in [0.2, 0.25) is 0 Å². The number of nitrogens with zero attached hydrogens (tertiary/aromatic N) is 7. The van der Waals surface area contributed by atoms with Crippen LogP contribution in [0.25, 0.3) is 112 Å². The third-order valence-corrected chi connectivity index (χ3v) is 45.6. The van der Waals surface area contributed by atoms with Crippen molar-refractivity contribution >= 4 is 124 Å². The first-order chi connectivity index (χ1) is 66.5. The van der Waals surface area contributed by atoms with Crippen LogP contribution in [-0.2, 0) is 66.9 Å². The Labute approximate surface area is 865 Å². The van der Waals surface area contributed by atoms with Gasteiger partial charge < -0.3 is 34.5 Å². The first-order valence-corrected chi connectivity index (χ1v) is 60.6. The molecule has 0 N–H and O–H groups in total. The molecule has 7 nitrogen and oxygen atoms in total. The van der Waals surface area contributed by atoms with Crippen molar-refractivity contribution in [2.45, 2.75) is 65.8 Å². The third-order valence-electron chi connectivity index (χ3n) is 26.6. The maximum absolute atomic E-state index is 4.99. The molecule has 0 saturated heterocycles. The molecule has 0 aliphatic carbocycles. The predicted octanol–water partition coefficient (Wildman–Crippen LogP) is 22.0. The van der Waals surface area contributed by atoms with Gasteiger partial charge in [-0.15, -0.1) is 189 Å². The van der Waals surface area contributed by atoms with E-state index < -0.39 is 40.4 Å². The standard InChI is InChI=1S/C37H30NSi2.C27H25N2Si.C27H26NSi2.3C11H8N.3Ir/c1-39(2,29-14-6-3-7-15-29)32-23-24-35(38-27-32)28-22-25-37-34(26-28)33-20-12-13-21-36(33)40(37,30-16-8-4-9-17-30)31-18-10-5-11-19-31;1-4-29-26-13-9-8-12-23(26)24-18-20(14-17-27(24)29)25-16-15-22(19-28-25)30(2,3)21-10-6-5-7-11-21;1-29(2,21-10-6-5-7-11-21)22-15-16-25(28-19-22)20-14-17-27-24(18-20)23-12-8-9-13-26(23)30(27,3)4;3*1-2-6-10(7-3-1)11-8-4-5-9-12-11;;;/h3-21,23-27H,1-2H3;5-13,15-19H,4H2,1-3H3;5-13,15-19H,1-4H3;3*1-6,8-9H;;;/q6*-1;;;. The molecule has 0 atom stereocenters. The maximum Gasteiger partial charge on any atom is 0.136 e. The zero-order valence-electron chi connectivity index (χ0n) is 79.2. The van der Waals surface area contributed by atoms with Gasteiger partial charge in [-0.2, -0.15) is 0 Å². The minimum atomic E-state index is -2.47. The average Bonchev–Trinajstić information content (AvgIpc) is 1.54. The summed E-state index contributed by atoms with van der Waals surface area (Å²) in [7, 11) is -9.36. The summed E-state index contributed by atoms with van der Waals surface area (Å²) in [5.41, 5.74) is 20.1. The molecule has 7 aromatic heterocycles. The van der Waals surface area contributed by atoms with Gasteiger partial charge in [0, 0.05) is 110 Å². The molecule has 14 aromatic carbocycles. The van der Waals surface area contributed by atoms with Crippen molar-refractivity contribution in [2.75, 3.05) is 0 Å². The molecule has 0 saturated carbocycles. The molecule has 2 aliphatic heterocycles. The van der Waals surface area contributed by atoms with Crippen molar-refractivity contribution in [1.82, 2.24) is 34.5 Å². The molecule has 23 rings (SSSR count). The van der Waals surface area contributed by atoms with Crippen LogP contribution in [0.5, 0.6) is 0 Å². The second-order valence-corrected chi connectivity index (χ2v) is 57.5. The van der Waals surface area contributed by atoms with Crippen molar-refractivity contribution in [1.29, 1.82) is 0 Å². The van der Waals surface area contributed by atoms with Gasteiger partial charge >= 0.3 is 0 Å². The van der Waals surface area contributed by atoms with E-state index in [-0.39, 0.29) is 60.3 Å². The second kappa shape index (κ2) is 45.6. The molecule has 0 fully saturated rings. The first-order valence-electron chi connectivity index (χ1n) is 46.6. The van der Waals surface area contributed by atoms with Crippen LogP contribution in [0.3, 0.4) is 0 Å². The molecule has 9 heterocycles. The van der Waals surface area contributed by atoms with Gasteiger partial charge in [0.05, 0.1) is 8.07 Å². The Morgan fingerprint density at radius 3 is 0.964 bits per heavy atom. The monoisotopic (exact) mass is 2410 g/mol. The Bertz CT molecular complexity index is 7230. The van der Waals surface area contributed by atoms with Crippen molar-refractivity contribution in [2.24, 2.45) is 0 Å². The predicted molar refractivity (Wildman–Crippen MR) is 584 cm³/mol. The number of hydrogen-bond acceptors (Lipinski definition) is 6. The van der Waals surface area contributed by atoms with E-state index in [0.717, 1.165) is 74.1 Å². The molecular formula is C124H105Ir3N7Si5-6. The van der Waals surface area contributed by atoms with E-state index in [1.165, 1.54) is 106 Å². The van der Waals surface area contributed by atoms with Crippen LogP contribution in [0.2, 0.25) is 52.4 Å². The van der Waals surface area contributed by atoms with Crippen molar-refractivity contribution < 1.29 is 60.3 Å². The smallest absolute Gasteiger partial charge is 0.136 e. The molecule has 139 heavy (non-hydrogen) atoms. The molecule has 2 aliphatic rings. The first kappa shape index (κ1) is 100. The minimum Gasteiger partial charge on any atom is -0.381 e. The summed E-state index contributed by atoms with van der Waals surface area (Å²) in [4.78, 5) is 27.4. The van der Waals surface area contributed by atoms with Gasteiger partial charge in [0.15, 0.2) is 0 Å². The third kappa shape index (κ3) is 21.7. The van der Waals surface area contributed by atoms with Gasteiger partial charge in [-0.05, 0) is 108 Å². The largest absolute Gasteiger partial charge is 0.381 e.